The highest BCUT2D eigenvalue weighted by molar-refractivity contribution is 5.95. The van der Waals surface area contributed by atoms with Crippen molar-refractivity contribution in [2.45, 2.75) is 12.8 Å². The maximum atomic E-state index is 13.3. The molecule has 144 valence electrons. The molecule has 3 aromatic rings. The van der Waals surface area contributed by atoms with Crippen LogP contribution in [0.5, 0.6) is 0 Å². The number of carbonyl (C=O) groups excluding carboxylic acids is 1. The summed E-state index contributed by atoms with van der Waals surface area (Å²) in [4.78, 5) is 16.4. The molecule has 4 nitrogen and oxygen atoms in total. The number of esters is 1. The topological polar surface area (TPSA) is 51.2 Å². The van der Waals surface area contributed by atoms with E-state index in [1.807, 2.05) is 0 Å². The van der Waals surface area contributed by atoms with Crippen molar-refractivity contribution in [3.8, 4) is 0 Å². The van der Waals surface area contributed by atoms with Gasteiger partial charge in [0.05, 0.1) is 5.56 Å². The molecule has 0 spiro atoms. The lowest BCUT2D eigenvalue weighted by atomic mass is 10.1. The van der Waals surface area contributed by atoms with Crippen LogP contribution in [0.25, 0.3) is 0 Å². The fraction of sp³-hybridized carbons (Fsp3) is 0.100. The predicted octanol–water partition coefficient (Wildman–Crippen LogP) is 5.34. The highest BCUT2D eigenvalue weighted by Gasteiger charge is 2.33. The number of ether oxygens (including phenoxy) is 1. The Labute approximate surface area is 157 Å². The van der Waals surface area contributed by atoms with Crippen molar-refractivity contribution in [2.24, 2.45) is 0 Å². The summed E-state index contributed by atoms with van der Waals surface area (Å²) in [6.07, 6.45) is -3.14. The molecule has 0 aliphatic carbocycles. The zero-order valence-corrected chi connectivity index (χ0v) is 14.3. The van der Waals surface area contributed by atoms with Gasteiger partial charge in [-0.25, -0.2) is 14.2 Å². The van der Waals surface area contributed by atoms with Crippen molar-refractivity contribution < 1.29 is 27.1 Å². The summed E-state index contributed by atoms with van der Waals surface area (Å²) in [5.41, 5.74) is -0.662. The van der Waals surface area contributed by atoms with Crippen LogP contribution in [0.2, 0.25) is 0 Å². The van der Waals surface area contributed by atoms with Crippen LogP contribution in [0.1, 0.15) is 21.5 Å². The molecule has 0 saturated carbocycles. The number of rotatable bonds is 5. The summed E-state index contributed by atoms with van der Waals surface area (Å²) < 4.78 is 57.5. The molecule has 8 heteroatoms. The van der Waals surface area contributed by atoms with Crippen molar-refractivity contribution in [2.75, 3.05) is 5.32 Å². The molecule has 1 N–H and O–H groups in total. The summed E-state index contributed by atoms with van der Waals surface area (Å²) in [6.45, 7) is -0.553. The summed E-state index contributed by atoms with van der Waals surface area (Å²) in [7, 11) is 0. The van der Waals surface area contributed by atoms with Gasteiger partial charge in [0.15, 0.2) is 0 Å². The third-order valence-corrected chi connectivity index (χ3v) is 3.80. The van der Waals surface area contributed by atoms with Crippen LogP contribution in [0.3, 0.4) is 0 Å². The van der Waals surface area contributed by atoms with E-state index in [2.05, 4.69) is 10.3 Å². The lowest BCUT2D eigenvalue weighted by Gasteiger charge is -2.14. The van der Waals surface area contributed by atoms with Gasteiger partial charge in [0, 0.05) is 17.4 Å². The van der Waals surface area contributed by atoms with Gasteiger partial charge >= 0.3 is 12.1 Å². The highest BCUT2D eigenvalue weighted by Crippen LogP contribution is 2.32. The van der Waals surface area contributed by atoms with Gasteiger partial charge in [-0.2, -0.15) is 13.2 Å². The van der Waals surface area contributed by atoms with E-state index >= 15 is 0 Å². The summed E-state index contributed by atoms with van der Waals surface area (Å²) >= 11 is 0. The lowest BCUT2D eigenvalue weighted by molar-refractivity contribution is -0.138. The van der Waals surface area contributed by atoms with Gasteiger partial charge in [-0.1, -0.05) is 24.3 Å². The summed E-state index contributed by atoms with van der Waals surface area (Å²) in [6, 6.07) is 13.3. The molecule has 0 radical (unpaired) electrons. The lowest BCUT2D eigenvalue weighted by Crippen LogP contribution is -2.13. The van der Waals surface area contributed by atoms with E-state index in [1.165, 1.54) is 54.7 Å². The molecule has 3 rings (SSSR count). The van der Waals surface area contributed by atoms with E-state index in [0.29, 0.717) is 5.69 Å². The fourth-order valence-electron chi connectivity index (χ4n) is 2.52. The molecule has 1 aromatic heterocycles. The first-order chi connectivity index (χ1) is 13.3. The number of carbonyl (C=O) groups is 1. The van der Waals surface area contributed by atoms with Crippen molar-refractivity contribution >= 4 is 17.5 Å². The minimum atomic E-state index is -4.55. The smallest absolute Gasteiger partial charge is 0.416 e. The molecule has 0 aliphatic rings. The Morgan fingerprint density at radius 1 is 1.04 bits per heavy atom. The largest absolute Gasteiger partial charge is 0.457 e. The van der Waals surface area contributed by atoms with Crippen LogP contribution < -0.4 is 5.32 Å². The van der Waals surface area contributed by atoms with Crippen molar-refractivity contribution in [1.82, 2.24) is 4.98 Å². The summed E-state index contributed by atoms with van der Waals surface area (Å²) in [5.74, 6) is -1.24. The number of hydrogen-bond donors (Lipinski definition) is 1. The van der Waals surface area contributed by atoms with Crippen molar-refractivity contribution in [1.29, 1.82) is 0 Å². The van der Waals surface area contributed by atoms with Gasteiger partial charge in [0.25, 0.3) is 0 Å². The molecule has 0 fully saturated rings. The average Bonchev–Trinajstić information content (AvgIpc) is 2.66. The molecular weight excluding hydrogens is 376 g/mol. The van der Waals surface area contributed by atoms with E-state index in [0.717, 1.165) is 6.07 Å². The second kappa shape index (κ2) is 8.08. The molecule has 0 amide bonds. The van der Waals surface area contributed by atoms with E-state index in [-0.39, 0.29) is 16.9 Å². The molecule has 2 aromatic carbocycles. The first-order valence-corrected chi connectivity index (χ1v) is 8.14. The van der Waals surface area contributed by atoms with Gasteiger partial charge in [-0.3, -0.25) is 0 Å². The van der Waals surface area contributed by atoms with Crippen molar-refractivity contribution in [3.63, 3.8) is 0 Å². The Bertz CT molecular complexity index is 990. The number of halogens is 4. The first kappa shape index (κ1) is 19.3. The molecule has 0 saturated heterocycles. The number of nitrogens with zero attached hydrogens (tertiary/aromatic N) is 1. The van der Waals surface area contributed by atoms with Crippen LogP contribution in [0, 0.1) is 5.82 Å². The first-order valence-electron chi connectivity index (χ1n) is 8.14. The molecule has 1 heterocycles. The van der Waals surface area contributed by atoms with Gasteiger partial charge in [-0.05, 0) is 36.4 Å². The number of hydrogen-bond acceptors (Lipinski definition) is 4. The van der Waals surface area contributed by atoms with Gasteiger partial charge in [-0.15, -0.1) is 0 Å². The maximum Gasteiger partial charge on any atom is 0.416 e. The molecule has 28 heavy (non-hydrogen) atoms. The van der Waals surface area contributed by atoms with Crippen LogP contribution >= 0.6 is 0 Å². The van der Waals surface area contributed by atoms with Crippen molar-refractivity contribution in [3.05, 3.63) is 89.4 Å². The monoisotopic (exact) mass is 390 g/mol. The van der Waals surface area contributed by atoms with Gasteiger partial charge in [0.2, 0.25) is 0 Å². The van der Waals surface area contributed by atoms with E-state index in [4.69, 9.17) is 4.74 Å². The number of benzene rings is 2. The minimum Gasteiger partial charge on any atom is -0.457 e. The van der Waals surface area contributed by atoms with E-state index < -0.39 is 30.1 Å². The van der Waals surface area contributed by atoms with Crippen LogP contribution in [-0.4, -0.2) is 11.0 Å². The summed E-state index contributed by atoms with van der Waals surface area (Å²) in [5, 5.41) is 2.80. The number of aromatic nitrogens is 1. The molecule has 0 bridgehead atoms. The normalized spacial score (nSPS) is 11.1. The molecule has 0 atom stereocenters. The maximum absolute atomic E-state index is 13.3. The molecule has 0 unspecified atom stereocenters. The average molecular weight is 390 g/mol. The molecule has 0 aliphatic heterocycles. The Morgan fingerprint density at radius 3 is 2.57 bits per heavy atom. The predicted molar refractivity (Wildman–Crippen MR) is 94.5 cm³/mol. The fourth-order valence-corrected chi connectivity index (χ4v) is 2.52. The Kier molecular flexibility index (Phi) is 5.58. The number of pyridine rings is 1. The third-order valence-electron chi connectivity index (χ3n) is 3.80. The van der Waals surface area contributed by atoms with Crippen LogP contribution in [0.4, 0.5) is 29.1 Å². The molecular formula is C20H14F4N2O2. The minimum absolute atomic E-state index is 0.0104. The standard InChI is InChI=1S/C20H14F4N2O2/c21-14-6-3-7-15(11-14)26-18-16(8-4-10-25-18)19(27)28-12-13-5-1-2-9-17(13)20(22,23)24/h1-11H,12H2,(H,25,26). The zero-order valence-electron chi connectivity index (χ0n) is 14.3. The van der Waals surface area contributed by atoms with E-state index in [9.17, 15) is 22.4 Å². The second-order valence-electron chi connectivity index (χ2n) is 5.77. The van der Waals surface area contributed by atoms with E-state index in [1.54, 1.807) is 6.07 Å². The SMILES string of the molecule is O=C(OCc1ccccc1C(F)(F)F)c1cccnc1Nc1cccc(F)c1. The Morgan fingerprint density at radius 2 is 1.82 bits per heavy atom. The zero-order chi connectivity index (χ0) is 20.1. The van der Waals surface area contributed by atoms with Gasteiger partial charge < -0.3 is 10.1 Å². The van der Waals surface area contributed by atoms with Gasteiger partial charge in [0.1, 0.15) is 23.8 Å². The highest BCUT2D eigenvalue weighted by atomic mass is 19.4. The van der Waals surface area contributed by atoms with Crippen LogP contribution in [0.15, 0.2) is 66.9 Å². The third kappa shape index (κ3) is 4.64. The number of nitrogens with one attached hydrogen (secondary N) is 1. The second-order valence-corrected chi connectivity index (χ2v) is 5.77. The Balaban J connectivity index is 1.78. The number of alkyl halides is 3. The Hall–Kier alpha value is -3.42. The number of anilines is 2. The van der Waals surface area contributed by atoms with Crippen LogP contribution in [-0.2, 0) is 17.5 Å². The quantitative estimate of drug-likeness (QED) is 0.472.